The van der Waals surface area contributed by atoms with E-state index in [1.54, 1.807) is 11.0 Å². The highest BCUT2D eigenvalue weighted by Gasteiger charge is 2.24. The number of nitrogen functional groups attached to an aromatic ring is 1. The number of carbonyl (C=O) groups is 1. The van der Waals surface area contributed by atoms with Gasteiger partial charge in [-0.2, -0.15) is 0 Å². The summed E-state index contributed by atoms with van der Waals surface area (Å²) in [7, 11) is 0. The van der Waals surface area contributed by atoms with E-state index in [-0.39, 0.29) is 11.7 Å². The predicted octanol–water partition coefficient (Wildman–Crippen LogP) is 2.47. The second-order valence-corrected chi connectivity index (χ2v) is 4.93. The molecule has 1 amide bonds. The summed E-state index contributed by atoms with van der Waals surface area (Å²) in [6.07, 6.45) is 1.46. The Morgan fingerprint density at radius 3 is 2.47 bits per heavy atom. The van der Waals surface area contributed by atoms with Crippen molar-refractivity contribution in [1.29, 1.82) is 0 Å². The summed E-state index contributed by atoms with van der Waals surface area (Å²) < 4.78 is 0. The van der Waals surface area contributed by atoms with Crippen molar-refractivity contribution in [2.75, 3.05) is 5.73 Å². The van der Waals surface area contributed by atoms with Crippen LogP contribution in [0.15, 0.2) is 36.5 Å². The van der Waals surface area contributed by atoms with Gasteiger partial charge in [-0.05, 0) is 17.2 Å². The molecule has 0 radical (unpaired) electrons. The molecule has 0 spiro atoms. The topological polar surface area (TPSA) is 59.2 Å². The van der Waals surface area contributed by atoms with E-state index in [0.717, 1.165) is 0 Å². The Morgan fingerprint density at radius 1 is 1.26 bits per heavy atom. The van der Waals surface area contributed by atoms with Gasteiger partial charge in [-0.15, -0.1) is 0 Å². The number of carbonyl (C=O) groups excluding carboxylic acids is 1. The fourth-order valence-electron chi connectivity index (χ4n) is 2.22. The van der Waals surface area contributed by atoms with Gasteiger partial charge in [-0.3, -0.25) is 4.79 Å². The zero-order valence-corrected chi connectivity index (χ0v) is 10.9. The maximum absolute atomic E-state index is 12.4. The third-order valence-electron chi connectivity index (χ3n) is 3.24. The summed E-state index contributed by atoms with van der Waals surface area (Å²) in [5.41, 5.74) is 8.38. The average molecular weight is 274 g/mol. The molecule has 2 heterocycles. The molecule has 96 valence electrons. The molecule has 4 nitrogen and oxygen atoms in total. The zero-order chi connectivity index (χ0) is 13.4. The molecule has 1 aromatic heterocycles. The number of hydrogen-bond acceptors (Lipinski definition) is 3. The molecule has 5 heteroatoms. The average Bonchev–Trinajstić information content (AvgIpc) is 2.85. The number of anilines is 1. The van der Waals surface area contributed by atoms with Crippen LogP contribution in [0.3, 0.4) is 0 Å². The zero-order valence-electron chi connectivity index (χ0n) is 10.1. The fourth-order valence-corrected chi connectivity index (χ4v) is 2.39. The van der Waals surface area contributed by atoms with Gasteiger partial charge in [0, 0.05) is 19.3 Å². The van der Waals surface area contributed by atoms with Crippen LogP contribution in [0, 0.1) is 0 Å². The number of benzene rings is 1. The first-order valence-corrected chi connectivity index (χ1v) is 6.30. The molecule has 0 aliphatic carbocycles. The minimum absolute atomic E-state index is 0.0781. The lowest BCUT2D eigenvalue weighted by atomic mass is 10.1. The second kappa shape index (κ2) is 4.55. The quantitative estimate of drug-likeness (QED) is 0.868. The number of nitrogens with zero attached hydrogens (tertiary/aromatic N) is 2. The van der Waals surface area contributed by atoms with E-state index in [4.69, 9.17) is 17.3 Å². The van der Waals surface area contributed by atoms with Crippen molar-refractivity contribution in [2.24, 2.45) is 0 Å². The lowest BCUT2D eigenvalue weighted by molar-refractivity contribution is 0.0751. The Kier molecular flexibility index (Phi) is 2.87. The summed E-state index contributed by atoms with van der Waals surface area (Å²) >= 11 is 5.90. The Hall–Kier alpha value is -2.07. The van der Waals surface area contributed by atoms with Gasteiger partial charge in [0.1, 0.15) is 5.82 Å². The molecule has 0 fully saturated rings. The SMILES string of the molecule is Nc1ncc(C(=O)N2Cc3ccccc3C2)cc1Cl. The largest absolute Gasteiger partial charge is 0.382 e. The number of aromatic nitrogens is 1. The smallest absolute Gasteiger partial charge is 0.256 e. The van der Waals surface area contributed by atoms with Gasteiger partial charge in [-0.25, -0.2) is 4.98 Å². The molecule has 0 unspecified atom stereocenters. The van der Waals surface area contributed by atoms with Crippen molar-refractivity contribution in [3.05, 3.63) is 58.2 Å². The molecule has 3 rings (SSSR count). The summed E-state index contributed by atoms with van der Waals surface area (Å²) in [4.78, 5) is 18.1. The van der Waals surface area contributed by atoms with Gasteiger partial charge < -0.3 is 10.6 Å². The molecular formula is C14H12ClN3O. The van der Waals surface area contributed by atoms with Crippen LogP contribution >= 0.6 is 11.6 Å². The van der Waals surface area contributed by atoms with Crippen LogP contribution in [-0.4, -0.2) is 15.8 Å². The first-order chi connectivity index (χ1) is 9.15. The van der Waals surface area contributed by atoms with Gasteiger partial charge in [0.2, 0.25) is 0 Å². The maximum Gasteiger partial charge on any atom is 0.256 e. The van der Waals surface area contributed by atoms with Crippen LogP contribution in [0.4, 0.5) is 5.82 Å². The number of hydrogen-bond donors (Lipinski definition) is 1. The van der Waals surface area contributed by atoms with Crippen molar-refractivity contribution >= 4 is 23.3 Å². The highest BCUT2D eigenvalue weighted by atomic mass is 35.5. The molecule has 0 atom stereocenters. The van der Waals surface area contributed by atoms with E-state index in [0.29, 0.717) is 23.7 Å². The first kappa shape index (κ1) is 12.0. The summed E-state index contributed by atoms with van der Waals surface area (Å²) in [5.74, 6) is 0.161. The Morgan fingerprint density at radius 2 is 1.89 bits per heavy atom. The molecule has 0 bridgehead atoms. The van der Waals surface area contributed by atoms with Gasteiger partial charge in [0.25, 0.3) is 5.91 Å². The van der Waals surface area contributed by atoms with Crippen molar-refractivity contribution in [3.63, 3.8) is 0 Å². The van der Waals surface area contributed by atoms with E-state index < -0.39 is 0 Å². The molecule has 2 aromatic rings. The fraction of sp³-hybridized carbons (Fsp3) is 0.143. The minimum atomic E-state index is -0.0781. The number of amides is 1. The van der Waals surface area contributed by atoms with Crippen molar-refractivity contribution in [2.45, 2.75) is 13.1 Å². The first-order valence-electron chi connectivity index (χ1n) is 5.92. The van der Waals surface area contributed by atoms with E-state index in [9.17, 15) is 4.79 Å². The third kappa shape index (κ3) is 2.15. The lowest BCUT2D eigenvalue weighted by Crippen LogP contribution is -2.25. The number of nitrogens with two attached hydrogens (primary N) is 1. The second-order valence-electron chi connectivity index (χ2n) is 4.52. The highest BCUT2D eigenvalue weighted by Crippen LogP contribution is 2.25. The van der Waals surface area contributed by atoms with Crippen LogP contribution in [0.1, 0.15) is 21.5 Å². The molecule has 0 saturated carbocycles. The molecule has 19 heavy (non-hydrogen) atoms. The maximum atomic E-state index is 12.4. The number of pyridine rings is 1. The van der Waals surface area contributed by atoms with Crippen molar-refractivity contribution < 1.29 is 4.79 Å². The van der Waals surface area contributed by atoms with Gasteiger partial charge in [-0.1, -0.05) is 35.9 Å². The van der Waals surface area contributed by atoms with Crippen LogP contribution in [0.2, 0.25) is 5.02 Å². The number of fused-ring (bicyclic) bond motifs is 1. The summed E-state index contributed by atoms with van der Waals surface area (Å²) in [5, 5.41) is 0.308. The van der Waals surface area contributed by atoms with E-state index >= 15 is 0 Å². The van der Waals surface area contributed by atoms with Crippen LogP contribution in [0.25, 0.3) is 0 Å². The summed E-state index contributed by atoms with van der Waals surface area (Å²) in [6, 6.07) is 9.60. The van der Waals surface area contributed by atoms with E-state index in [2.05, 4.69) is 4.98 Å². The predicted molar refractivity (Wildman–Crippen MR) is 73.7 cm³/mol. The number of rotatable bonds is 1. The standard InChI is InChI=1S/C14H12ClN3O/c15-12-5-11(6-17-13(12)16)14(19)18-7-9-3-1-2-4-10(9)8-18/h1-6H,7-8H2,(H2,16,17). The monoisotopic (exact) mass is 273 g/mol. The summed E-state index contributed by atoms with van der Waals surface area (Å²) in [6.45, 7) is 1.24. The van der Waals surface area contributed by atoms with Crippen molar-refractivity contribution in [3.8, 4) is 0 Å². The lowest BCUT2D eigenvalue weighted by Gasteiger charge is -2.15. The normalized spacial score (nSPS) is 13.4. The van der Waals surface area contributed by atoms with Crippen LogP contribution in [0.5, 0.6) is 0 Å². The molecule has 2 N–H and O–H groups in total. The van der Waals surface area contributed by atoms with E-state index in [1.807, 2.05) is 24.3 Å². The van der Waals surface area contributed by atoms with Crippen molar-refractivity contribution in [1.82, 2.24) is 9.88 Å². The molecule has 1 aliphatic heterocycles. The van der Waals surface area contributed by atoms with E-state index in [1.165, 1.54) is 17.3 Å². The third-order valence-corrected chi connectivity index (χ3v) is 3.55. The van der Waals surface area contributed by atoms with Gasteiger partial charge in [0.15, 0.2) is 0 Å². The molecule has 1 aromatic carbocycles. The van der Waals surface area contributed by atoms with Crippen LogP contribution < -0.4 is 5.73 Å². The minimum Gasteiger partial charge on any atom is -0.382 e. The Bertz CT molecular complexity index is 632. The Labute approximate surface area is 115 Å². The van der Waals surface area contributed by atoms with Gasteiger partial charge >= 0.3 is 0 Å². The number of halogens is 1. The molecular weight excluding hydrogens is 262 g/mol. The Balaban J connectivity index is 1.85. The highest BCUT2D eigenvalue weighted by molar-refractivity contribution is 6.33. The molecule has 0 saturated heterocycles. The van der Waals surface area contributed by atoms with Crippen LogP contribution in [-0.2, 0) is 13.1 Å². The molecule has 1 aliphatic rings. The van der Waals surface area contributed by atoms with Gasteiger partial charge in [0.05, 0.1) is 10.6 Å².